The number of carboxylic acids is 1. The van der Waals surface area contributed by atoms with Crippen molar-refractivity contribution in [2.24, 2.45) is 11.3 Å². The summed E-state index contributed by atoms with van der Waals surface area (Å²) in [6.45, 7) is 10.2. The summed E-state index contributed by atoms with van der Waals surface area (Å²) < 4.78 is 5.44. The van der Waals surface area contributed by atoms with Gasteiger partial charge in [-0.05, 0) is 39.0 Å². The summed E-state index contributed by atoms with van der Waals surface area (Å²) in [6.07, 6.45) is 8.65. The molecule has 0 aromatic heterocycles. The molecule has 0 spiro atoms. The second-order valence-electron chi connectivity index (χ2n) is 6.86. The van der Waals surface area contributed by atoms with Gasteiger partial charge in [-0.3, -0.25) is 0 Å². The lowest BCUT2D eigenvalue weighted by Gasteiger charge is -2.36. The van der Waals surface area contributed by atoms with Gasteiger partial charge in [-0.15, -0.1) is 0 Å². The molecule has 2 aliphatic rings. The van der Waals surface area contributed by atoms with Crippen molar-refractivity contribution in [1.82, 2.24) is 0 Å². The molecule has 1 aliphatic heterocycles. The fourth-order valence-electron chi connectivity index (χ4n) is 3.11. The fraction of sp³-hybridized carbons (Fsp3) is 0.688. The van der Waals surface area contributed by atoms with E-state index in [9.17, 15) is 4.79 Å². The monoisotopic (exact) mass is 264 g/mol. The summed E-state index contributed by atoms with van der Waals surface area (Å²) in [7, 11) is 0. The lowest BCUT2D eigenvalue weighted by molar-refractivity contribution is -0.142. The molecule has 1 saturated heterocycles. The number of aliphatic carboxylic acids is 1. The van der Waals surface area contributed by atoms with Crippen molar-refractivity contribution < 1.29 is 14.6 Å². The van der Waals surface area contributed by atoms with Crippen molar-refractivity contribution in [2.75, 3.05) is 0 Å². The molecule has 3 nitrogen and oxygen atoms in total. The highest BCUT2D eigenvalue weighted by Crippen LogP contribution is 2.50. The third-order valence-electron chi connectivity index (χ3n) is 4.92. The second kappa shape index (κ2) is 4.20. The molecule has 0 radical (unpaired) electrons. The molecule has 3 heteroatoms. The molecular formula is C16H24O3. The van der Waals surface area contributed by atoms with Gasteiger partial charge >= 0.3 is 5.97 Å². The minimum absolute atomic E-state index is 0.222. The van der Waals surface area contributed by atoms with Crippen LogP contribution in [0.5, 0.6) is 0 Å². The summed E-state index contributed by atoms with van der Waals surface area (Å²) >= 11 is 0. The second-order valence-corrected chi connectivity index (χ2v) is 6.86. The minimum Gasteiger partial charge on any atom is -0.479 e. The Bertz CT molecular complexity index is 461. The molecule has 0 aromatic rings. The van der Waals surface area contributed by atoms with E-state index in [1.807, 2.05) is 13.0 Å². The molecule has 0 amide bonds. The van der Waals surface area contributed by atoms with Gasteiger partial charge in [0.2, 0.25) is 0 Å². The first-order valence-electron chi connectivity index (χ1n) is 6.92. The van der Waals surface area contributed by atoms with E-state index in [1.165, 1.54) is 5.57 Å². The number of ether oxygens (including phenoxy) is 1. The molecule has 0 saturated carbocycles. The average Bonchev–Trinajstić information content (AvgIpc) is 2.81. The number of epoxide rings is 1. The molecular weight excluding hydrogens is 240 g/mol. The molecule has 0 bridgehead atoms. The van der Waals surface area contributed by atoms with Crippen LogP contribution in [0.25, 0.3) is 0 Å². The maximum absolute atomic E-state index is 11.2. The van der Waals surface area contributed by atoms with Gasteiger partial charge in [0.15, 0.2) is 5.60 Å². The smallest absolute Gasteiger partial charge is 0.339 e. The van der Waals surface area contributed by atoms with Gasteiger partial charge in [-0.1, -0.05) is 37.6 Å². The Hall–Kier alpha value is -1.09. The summed E-state index contributed by atoms with van der Waals surface area (Å²) in [6, 6.07) is 0. The van der Waals surface area contributed by atoms with Gasteiger partial charge in [0.25, 0.3) is 0 Å². The molecule has 0 aromatic carbocycles. The highest BCUT2D eigenvalue weighted by atomic mass is 16.6. The third kappa shape index (κ3) is 2.25. The number of carbonyl (C=O) groups is 1. The minimum atomic E-state index is -1.07. The van der Waals surface area contributed by atoms with Crippen molar-refractivity contribution in [3.05, 3.63) is 23.8 Å². The number of allylic oxidation sites excluding steroid dienone is 3. The Labute approximate surface area is 115 Å². The van der Waals surface area contributed by atoms with Crippen LogP contribution in [-0.4, -0.2) is 22.3 Å². The molecule has 1 aliphatic carbocycles. The van der Waals surface area contributed by atoms with Crippen molar-refractivity contribution >= 4 is 5.97 Å². The van der Waals surface area contributed by atoms with Crippen LogP contribution in [-0.2, 0) is 9.53 Å². The highest BCUT2D eigenvalue weighted by molar-refractivity contribution is 5.83. The van der Waals surface area contributed by atoms with Gasteiger partial charge in [-0.25, -0.2) is 4.79 Å². The van der Waals surface area contributed by atoms with E-state index < -0.39 is 17.2 Å². The molecule has 19 heavy (non-hydrogen) atoms. The van der Waals surface area contributed by atoms with E-state index in [2.05, 4.69) is 32.9 Å². The number of hydrogen-bond acceptors (Lipinski definition) is 2. The van der Waals surface area contributed by atoms with Gasteiger partial charge in [0.05, 0.1) is 0 Å². The molecule has 1 fully saturated rings. The summed E-state index contributed by atoms with van der Waals surface area (Å²) in [4.78, 5) is 11.2. The summed E-state index contributed by atoms with van der Waals surface area (Å²) in [5, 5.41) is 9.17. The van der Waals surface area contributed by atoms with Crippen LogP contribution in [0, 0.1) is 11.3 Å². The first-order chi connectivity index (χ1) is 8.62. The quantitative estimate of drug-likeness (QED) is 0.626. The van der Waals surface area contributed by atoms with E-state index >= 15 is 0 Å². The van der Waals surface area contributed by atoms with Crippen molar-refractivity contribution in [3.8, 4) is 0 Å². The van der Waals surface area contributed by atoms with Crippen molar-refractivity contribution in [1.29, 1.82) is 0 Å². The molecule has 1 heterocycles. The largest absolute Gasteiger partial charge is 0.479 e. The average molecular weight is 264 g/mol. The van der Waals surface area contributed by atoms with Gasteiger partial charge in [-0.2, -0.15) is 0 Å². The predicted octanol–water partition coefficient (Wildman–Crippen LogP) is 3.56. The van der Waals surface area contributed by atoms with E-state index in [1.54, 1.807) is 6.92 Å². The Morgan fingerprint density at radius 1 is 1.42 bits per heavy atom. The van der Waals surface area contributed by atoms with Crippen LogP contribution >= 0.6 is 0 Å². The van der Waals surface area contributed by atoms with Gasteiger partial charge in [0.1, 0.15) is 5.60 Å². The zero-order valence-electron chi connectivity index (χ0n) is 12.5. The van der Waals surface area contributed by atoms with Crippen LogP contribution in [0.3, 0.4) is 0 Å². The molecule has 1 N–H and O–H groups in total. The normalized spacial score (nSPS) is 41.1. The first-order valence-corrected chi connectivity index (χ1v) is 6.92. The third-order valence-corrected chi connectivity index (χ3v) is 4.92. The Morgan fingerprint density at radius 2 is 2.05 bits per heavy atom. The lowest BCUT2D eigenvalue weighted by atomic mass is 9.68. The van der Waals surface area contributed by atoms with Gasteiger partial charge < -0.3 is 9.84 Å². The Morgan fingerprint density at radius 3 is 2.53 bits per heavy atom. The topological polar surface area (TPSA) is 49.8 Å². The van der Waals surface area contributed by atoms with E-state index in [0.29, 0.717) is 5.92 Å². The molecule has 2 rings (SSSR count). The van der Waals surface area contributed by atoms with Crippen LogP contribution < -0.4 is 0 Å². The van der Waals surface area contributed by atoms with Crippen LogP contribution in [0.1, 0.15) is 47.5 Å². The van der Waals surface area contributed by atoms with Crippen LogP contribution in [0.2, 0.25) is 0 Å². The maximum Gasteiger partial charge on any atom is 0.339 e. The summed E-state index contributed by atoms with van der Waals surface area (Å²) in [5.41, 5.74) is -0.152. The Kier molecular flexibility index (Phi) is 3.17. The fourth-order valence-corrected chi connectivity index (χ4v) is 3.11. The van der Waals surface area contributed by atoms with Crippen molar-refractivity contribution in [2.45, 2.75) is 58.7 Å². The SMILES string of the molecule is CC1=CCCC(C)(C)C1C=CC1(C)OC1(C)C(=O)O. The lowest BCUT2D eigenvalue weighted by Crippen LogP contribution is -2.29. The van der Waals surface area contributed by atoms with Gasteiger partial charge in [0, 0.05) is 5.92 Å². The first kappa shape index (κ1) is 14.3. The maximum atomic E-state index is 11.2. The van der Waals surface area contributed by atoms with E-state index in [0.717, 1.165) is 12.8 Å². The Balaban J connectivity index is 2.18. The van der Waals surface area contributed by atoms with Crippen molar-refractivity contribution in [3.63, 3.8) is 0 Å². The highest BCUT2D eigenvalue weighted by Gasteiger charge is 2.68. The molecule has 106 valence electrons. The zero-order chi connectivity index (χ0) is 14.5. The standard InChI is InChI=1S/C16H24O3/c1-11-7-6-9-14(2,3)12(11)8-10-15(4)16(5,19-15)13(17)18/h7-8,10,12H,6,9H2,1-5H3,(H,17,18). The van der Waals surface area contributed by atoms with Crippen LogP contribution in [0.15, 0.2) is 23.8 Å². The van der Waals surface area contributed by atoms with E-state index in [4.69, 9.17) is 9.84 Å². The predicted molar refractivity (Wildman–Crippen MR) is 74.9 cm³/mol. The number of carboxylic acid groups (broad SMARTS) is 1. The zero-order valence-corrected chi connectivity index (χ0v) is 12.5. The number of rotatable bonds is 3. The molecule has 3 atom stereocenters. The summed E-state index contributed by atoms with van der Waals surface area (Å²) in [5.74, 6) is -0.532. The molecule has 3 unspecified atom stereocenters. The number of hydrogen-bond donors (Lipinski definition) is 1. The van der Waals surface area contributed by atoms with Crippen LogP contribution in [0.4, 0.5) is 0 Å². The van der Waals surface area contributed by atoms with E-state index in [-0.39, 0.29) is 5.41 Å².